The summed E-state index contributed by atoms with van der Waals surface area (Å²) >= 11 is 0. The molecular weight excluding hydrogens is 450 g/mol. The van der Waals surface area contributed by atoms with E-state index in [1.54, 1.807) is 42.2 Å². The van der Waals surface area contributed by atoms with E-state index in [9.17, 15) is 18.0 Å². The van der Waals surface area contributed by atoms with Crippen molar-refractivity contribution in [3.8, 4) is 0 Å². The number of carbonyl (C=O) groups is 2. The van der Waals surface area contributed by atoms with E-state index in [0.29, 0.717) is 25.9 Å². The summed E-state index contributed by atoms with van der Waals surface area (Å²) in [6.07, 6.45) is 3.04. The van der Waals surface area contributed by atoms with Gasteiger partial charge in [-0.1, -0.05) is 61.9 Å². The SMILES string of the molecule is CCCCNC(=O)[C@H](C)N(CCc1ccccc1)C(=O)CCCN(C)S(=O)(=O)c1ccccc1. The zero-order chi connectivity index (χ0) is 25.0. The van der Waals surface area contributed by atoms with Gasteiger partial charge in [-0.15, -0.1) is 0 Å². The second-order valence-corrected chi connectivity index (χ2v) is 10.4. The van der Waals surface area contributed by atoms with Crippen LogP contribution < -0.4 is 5.32 Å². The van der Waals surface area contributed by atoms with E-state index < -0.39 is 16.1 Å². The van der Waals surface area contributed by atoms with E-state index >= 15 is 0 Å². The molecule has 2 aromatic rings. The zero-order valence-electron chi connectivity index (χ0n) is 20.4. The molecule has 0 aliphatic carbocycles. The molecule has 8 heteroatoms. The average molecular weight is 488 g/mol. The van der Waals surface area contributed by atoms with Gasteiger partial charge in [0.05, 0.1) is 4.90 Å². The van der Waals surface area contributed by atoms with E-state index in [4.69, 9.17) is 0 Å². The van der Waals surface area contributed by atoms with Gasteiger partial charge in [-0.25, -0.2) is 12.7 Å². The smallest absolute Gasteiger partial charge is 0.242 e. The van der Waals surface area contributed by atoms with Crippen LogP contribution in [-0.4, -0.2) is 62.2 Å². The fraction of sp³-hybridized carbons (Fsp3) is 0.462. The van der Waals surface area contributed by atoms with E-state index in [1.807, 2.05) is 30.3 Å². The largest absolute Gasteiger partial charge is 0.354 e. The maximum absolute atomic E-state index is 13.1. The third kappa shape index (κ3) is 8.25. The van der Waals surface area contributed by atoms with E-state index in [-0.39, 0.29) is 29.7 Å². The number of benzene rings is 2. The van der Waals surface area contributed by atoms with Gasteiger partial charge in [-0.3, -0.25) is 9.59 Å². The number of rotatable bonds is 14. The van der Waals surface area contributed by atoms with Crippen molar-refractivity contribution in [2.75, 3.05) is 26.7 Å². The predicted octanol–water partition coefficient (Wildman–Crippen LogP) is 3.46. The van der Waals surface area contributed by atoms with Crippen LogP contribution in [0.4, 0.5) is 0 Å². The molecule has 2 amide bonds. The van der Waals surface area contributed by atoms with Crippen LogP contribution in [0.25, 0.3) is 0 Å². The Labute approximate surface area is 204 Å². The maximum atomic E-state index is 13.1. The summed E-state index contributed by atoms with van der Waals surface area (Å²) in [6.45, 7) is 5.02. The van der Waals surface area contributed by atoms with Gasteiger partial charge in [0.1, 0.15) is 6.04 Å². The molecule has 186 valence electrons. The second kappa shape index (κ2) is 13.9. The summed E-state index contributed by atoms with van der Waals surface area (Å²) < 4.78 is 26.7. The molecule has 0 aromatic heterocycles. The molecule has 0 spiro atoms. The highest BCUT2D eigenvalue weighted by atomic mass is 32.2. The molecular formula is C26H37N3O4S. The summed E-state index contributed by atoms with van der Waals surface area (Å²) in [5, 5.41) is 2.91. The van der Waals surface area contributed by atoms with Crippen molar-refractivity contribution < 1.29 is 18.0 Å². The summed E-state index contributed by atoms with van der Waals surface area (Å²) in [4.78, 5) is 27.6. The fourth-order valence-electron chi connectivity index (χ4n) is 3.60. The highest BCUT2D eigenvalue weighted by Crippen LogP contribution is 2.15. The molecule has 1 N–H and O–H groups in total. The number of unbranched alkanes of at least 4 members (excludes halogenated alkanes) is 1. The van der Waals surface area contributed by atoms with Gasteiger partial charge in [0, 0.05) is 33.1 Å². The summed E-state index contributed by atoms with van der Waals surface area (Å²) in [6, 6.07) is 17.5. The minimum absolute atomic E-state index is 0.153. The number of hydrogen-bond donors (Lipinski definition) is 1. The van der Waals surface area contributed by atoms with E-state index in [1.165, 1.54) is 11.4 Å². The van der Waals surface area contributed by atoms with Crippen molar-refractivity contribution in [1.29, 1.82) is 0 Å². The lowest BCUT2D eigenvalue weighted by molar-refractivity contribution is -0.140. The summed E-state index contributed by atoms with van der Waals surface area (Å²) in [5.74, 6) is -0.321. The minimum Gasteiger partial charge on any atom is -0.354 e. The Morgan fingerprint density at radius 3 is 2.18 bits per heavy atom. The van der Waals surface area contributed by atoms with Gasteiger partial charge in [-0.2, -0.15) is 0 Å². The van der Waals surface area contributed by atoms with Gasteiger partial charge < -0.3 is 10.2 Å². The molecule has 0 saturated heterocycles. The van der Waals surface area contributed by atoms with Gasteiger partial charge in [-0.05, 0) is 43.9 Å². The third-order valence-electron chi connectivity index (χ3n) is 5.80. The Balaban J connectivity index is 1.99. The van der Waals surface area contributed by atoms with Crippen molar-refractivity contribution in [3.63, 3.8) is 0 Å². The van der Waals surface area contributed by atoms with Crippen LogP contribution in [0.3, 0.4) is 0 Å². The first-order valence-corrected chi connectivity index (χ1v) is 13.3. The van der Waals surface area contributed by atoms with Crippen LogP contribution in [0.5, 0.6) is 0 Å². The average Bonchev–Trinajstić information content (AvgIpc) is 2.85. The molecule has 2 rings (SSSR count). The van der Waals surface area contributed by atoms with Crippen molar-refractivity contribution >= 4 is 21.8 Å². The van der Waals surface area contributed by atoms with E-state index in [2.05, 4.69) is 12.2 Å². The lowest BCUT2D eigenvalue weighted by atomic mass is 10.1. The van der Waals surface area contributed by atoms with Crippen LogP contribution >= 0.6 is 0 Å². The topological polar surface area (TPSA) is 86.8 Å². The maximum Gasteiger partial charge on any atom is 0.242 e. The summed E-state index contributed by atoms with van der Waals surface area (Å²) in [5.41, 5.74) is 1.09. The summed E-state index contributed by atoms with van der Waals surface area (Å²) in [7, 11) is -2.08. The molecule has 2 aromatic carbocycles. The van der Waals surface area contributed by atoms with Gasteiger partial charge in [0.25, 0.3) is 0 Å². The van der Waals surface area contributed by atoms with Gasteiger partial charge in [0.15, 0.2) is 0 Å². The Morgan fingerprint density at radius 2 is 1.56 bits per heavy atom. The normalized spacial score (nSPS) is 12.4. The Morgan fingerprint density at radius 1 is 0.941 bits per heavy atom. The van der Waals surface area contributed by atoms with Crippen molar-refractivity contribution in [2.45, 2.75) is 56.9 Å². The molecule has 7 nitrogen and oxygen atoms in total. The Kier molecular flexibility index (Phi) is 11.2. The Bertz CT molecular complexity index is 997. The zero-order valence-corrected chi connectivity index (χ0v) is 21.3. The standard InChI is InChI=1S/C26H37N3O4S/c1-4-5-19-27-26(31)22(2)29(21-18-23-13-8-6-9-14-23)25(30)17-12-20-28(3)34(32,33)24-15-10-7-11-16-24/h6-11,13-16,22H,4-5,12,17-21H2,1-3H3,(H,27,31)/t22-/m0/s1. The van der Waals surface area contributed by atoms with Crippen LogP contribution in [-0.2, 0) is 26.0 Å². The van der Waals surface area contributed by atoms with Crippen LogP contribution in [0.1, 0.15) is 45.1 Å². The molecule has 0 unspecified atom stereocenters. The lowest BCUT2D eigenvalue weighted by Crippen LogP contribution is -2.49. The van der Waals surface area contributed by atoms with Gasteiger partial charge in [0.2, 0.25) is 21.8 Å². The van der Waals surface area contributed by atoms with Crippen LogP contribution in [0.2, 0.25) is 0 Å². The number of hydrogen-bond acceptors (Lipinski definition) is 4. The quantitative estimate of drug-likeness (QED) is 0.414. The number of amides is 2. The van der Waals surface area contributed by atoms with Crippen molar-refractivity contribution in [3.05, 3.63) is 66.2 Å². The molecule has 0 aliphatic heterocycles. The lowest BCUT2D eigenvalue weighted by Gasteiger charge is -2.29. The third-order valence-corrected chi connectivity index (χ3v) is 7.67. The number of sulfonamides is 1. The van der Waals surface area contributed by atoms with Crippen molar-refractivity contribution in [2.24, 2.45) is 0 Å². The fourth-order valence-corrected chi connectivity index (χ4v) is 4.83. The molecule has 0 heterocycles. The number of carbonyl (C=O) groups excluding carboxylic acids is 2. The molecule has 0 fully saturated rings. The molecule has 34 heavy (non-hydrogen) atoms. The molecule has 0 bridgehead atoms. The van der Waals surface area contributed by atoms with E-state index in [0.717, 1.165) is 18.4 Å². The van der Waals surface area contributed by atoms with Crippen molar-refractivity contribution in [1.82, 2.24) is 14.5 Å². The number of nitrogens with one attached hydrogen (secondary N) is 1. The molecule has 0 saturated carbocycles. The Hall–Kier alpha value is -2.71. The first-order chi connectivity index (χ1) is 16.3. The monoisotopic (exact) mass is 487 g/mol. The number of nitrogens with zero attached hydrogens (tertiary/aromatic N) is 2. The second-order valence-electron chi connectivity index (χ2n) is 8.39. The highest BCUT2D eigenvalue weighted by molar-refractivity contribution is 7.89. The van der Waals surface area contributed by atoms with Crippen LogP contribution in [0, 0.1) is 0 Å². The highest BCUT2D eigenvalue weighted by Gasteiger charge is 2.26. The first-order valence-electron chi connectivity index (χ1n) is 11.9. The molecule has 0 aliphatic rings. The van der Waals surface area contributed by atoms with Gasteiger partial charge >= 0.3 is 0 Å². The molecule has 1 atom stereocenters. The minimum atomic E-state index is -3.60. The van der Waals surface area contributed by atoms with Crippen LogP contribution in [0.15, 0.2) is 65.6 Å². The molecule has 0 radical (unpaired) electrons. The predicted molar refractivity (Wildman–Crippen MR) is 135 cm³/mol. The first kappa shape index (κ1) is 27.5.